The van der Waals surface area contributed by atoms with Crippen LogP contribution in [0.25, 0.3) is 11.0 Å². The van der Waals surface area contributed by atoms with Crippen molar-refractivity contribution in [3.05, 3.63) is 36.5 Å². The summed E-state index contributed by atoms with van der Waals surface area (Å²) in [7, 11) is 1.83. The summed E-state index contributed by atoms with van der Waals surface area (Å²) in [6.07, 6.45) is 1.79. The van der Waals surface area contributed by atoms with Crippen LogP contribution in [0.15, 0.2) is 30.9 Å². The van der Waals surface area contributed by atoms with Gasteiger partial charge >= 0.3 is 6.18 Å². The van der Waals surface area contributed by atoms with Crippen molar-refractivity contribution >= 4 is 16.9 Å². The molecule has 0 amide bonds. The van der Waals surface area contributed by atoms with Crippen molar-refractivity contribution in [1.82, 2.24) is 24.7 Å². The van der Waals surface area contributed by atoms with Crippen LogP contribution in [-0.4, -0.2) is 44.4 Å². The van der Waals surface area contributed by atoms with Crippen LogP contribution in [0.3, 0.4) is 0 Å². The van der Waals surface area contributed by atoms with Gasteiger partial charge in [0.2, 0.25) is 0 Å². The Morgan fingerprint density at radius 1 is 1.25 bits per heavy atom. The first-order valence-electron chi connectivity index (χ1n) is 8.95. The summed E-state index contributed by atoms with van der Waals surface area (Å²) < 4.78 is 45.7. The summed E-state index contributed by atoms with van der Waals surface area (Å²) in [5.41, 5.74) is -0.185. The van der Waals surface area contributed by atoms with Crippen LogP contribution in [0.2, 0.25) is 0 Å². The number of piperidine rings is 1. The number of anilines is 1. The SMILES string of the molecule is Cn1ncc2c(N3CCCC(COc4ccnc(C(F)(F)F)c4)C3)ncnc21. The van der Waals surface area contributed by atoms with E-state index < -0.39 is 11.9 Å². The predicted molar refractivity (Wildman–Crippen MR) is 96.0 cm³/mol. The maximum absolute atomic E-state index is 12.8. The quantitative estimate of drug-likeness (QED) is 0.680. The lowest BCUT2D eigenvalue weighted by Crippen LogP contribution is -2.38. The van der Waals surface area contributed by atoms with E-state index in [0.717, 1.165) is 48.5 Å². The van der Waals surface area contributed by atoms with Crippen LogP contribution in [0, 0.1) is 5.92 Å². The van der Waals surface area contributed by atoms with Gasteiger partial charge in [0.15, 0.2) is 5.65 Å². The van der Waals surface area contributed by atoms with Crippen molar-refractivity contribution in [2.45, 2.75) is 19.0 Å². The smallest absolute Gasteiger partial charge is 0.433 e. The summed E-state index contributed by atoms with van der Waals surface area (Å²) in [6, 6.07) is 2.38. The zero-order valence-electron chi connectivity index (χ0n) is 15.2. The van der Waals surface area contributed by atoms with E-state index in [1.807, 2.05) is 7.05 Å². The molecule has 1 aliphatic rings. The van der Waals surface area contributed by atoms with Crippen molar-refractivity contribution in [3.63, 3.8) is 0 Å². The second-order valence-electron chi connectivity index (χ2n) is 6.84. The molecule has 7 nitrogen and oxygen atoms in total. The Morgan fingerprint density at radius 3 is 2.93 bits per heavy atom. The Bertz CT molecular complexity index is 973. The molecule has 1 aliphatic heterocycles. The highest BCUT2D eigenvalue weighted by molar-refractivity contribution is 5.86. The molecule has 0 spiro atoms. The molecule has 10 heteroatoms. The minimum absolute atomic E-state index is 0.177. The number of rotatable bonds is 4. The Balaban J connectivity index is 1.44. The normalized spacial score (nSPS) is 17.9. The Morgan fingerprint density at radius 2 is 2.11 bits per heavy atom. The maximum Gasteiger partial charge on any atom is 0.433 e. The van der Waals surface area contributed by atoms with Gasteiger partial charge in [-0.3, -0.25) is 9.67 Å². The Hall–Kier alpha value is -2.91. The molecule has 0 aromatic carbocycles. The number of halogens is 3. The van der Waals surface area contributed by atoms with Gasteiger partial charge in [-0.2, -0.15) is 18.3 Å². The monoisotopic (exact) mass is 392 g/mol. The summed E-state index contributed by atoms with van der Waals surface area (Å²) in [4.78, 5) is 14.2. The fraction of sp³-hybridized carbons (Fsp3) is 0.444. The summed E-state index contributed by atoms with van der Waals surface area (Å²) in [5, 5.41) is 5.12. The molecule has 1 atom stereocenters. The standard InChI is InChI=1S/C18H19F3N6O/c1-26-16-14(8-25-26)17(24-11-23-16)27-6-2-3-12(9-27)10-28-13-4-5-22-15(7-13)18(19,20)21/h4-5,7-8,11-12H,2-3,6,9-10H2,1H3. The van der Waals surface area contributed by atoms with E-state index in [9.17, 15) is 13.2 Å². The highest BCUT2D eigenvalue weighted by Gasteiger charge is 2.32. The molecule has 4 heterocycles. The summed E-state index contributed by atoms with van der Waals surface area (Å²) >= 11 is 0. The van der Waals surface area contributed by atoms with E-state index in [0.29, 0.717) is 13.2 Å². The molecule has 0 N–H and O–H groups in total. The van der Waals surface area contributed by atoms with Gasteiger partial charge in [0.25, 0.3) is 0 Å². The van der Waals surface area contributed by atoms with Crippen LogP contribution in [0.5, 0.6) is 5.75 Å². The van der Waals surface area contributed by atoms with Crippen LogP contribution < -0.4 is 9.64 Å². The fourth-order valence-corrected chi connectivity index (χ4v) is 3.47. The van der Waals surface area contributed by atoms with E-state index in [2.05, 4.69) is 25.0 Å². The molecule has 28 heavy (non-hydrogen) atoms. The Labute approximate surface area is 159 Å². The molecular weight excluding hydrogens is 373 g/mol. The largest absolute Gasteiger partial charge is 0.493 e. The lowest BCUT2D eigenvalue weighted by molar-refractivity contribution is -0.141. The third-order valence-electron chi connectivity index (χ3n) is 4.83. The first-order valence-corrected chi connectivity index (χ1v) is 8.95. The number of hydrogen-bond acceptors (Lipinski definition) is 6. The number of aryl methyl sites for hydroxylation is 1. The zero-order valence-corrected chi connectivity index (χ0v) is 15.2. The highest BCUT2D eigenvalue weighted by Crippen LogP contribution is 2.30. The van der Waals surface area contributed by atoms with E-state index in [1.165, 1.54) is 12.4 Å². The minimum Gasteiger partial charge on any atom is -0.493 e. The molecule has 3 aromatic heterocycles. The second-order valence-corrected chi connectivity index (χ2v) is 6.84. The van der Waals surface area contributed by atoms with Crippen molar-refractivity contribution in [2.24, 2.45) is 13.0 Å². The first kappa shape index (κ1) is 18.5. The third-order valence-corrected chi connectivity index (χ3v) is 4.83. The summed E-state index contributed by atoms with van der Waals surface area (Å²) in [6.45, 7) is 1.89. The van der Waals surface area contributed by atoms with Gasteiger partial charge in [0, 0.05) is 38.3 Å². The Kier molecular flexibility index (Phi) is 4.78. The molecule has 0 aliphatic carbocycles. The van der Waals surface area contributed by atoms with Crippen molar-refractivity contribution in [3.8, 4) is 5.75 Å². The third kappa shape index (κ3) is 3.71. The van der Waals surface area contributed by atoms with Crippen molar-refractivity contribution < 1.29 is 17.9 Å². The number of nitrogens with zero attached hydrogens (tertiary/aromatic N) is 6. The maximum atomic E-state index is 12.8. The highest BCUT2D eigenvalue weighted by atomic mass is 19.4. The predicted octanol–water partition coefficient (Wildman–Crippen LogP) is 3.07. The zero-order chi connectivity index (χ0) is 19.7. The number of ether oxygens (including phenoxy) is 1. The van der Waals surface area contributed by atoms with Crippen LogP contribution >= 0.6 is 0 Å². The molecule has 0 radical (unpaired) electrons. The van der Waals surface area contributed by atoms with Crippen molar-refractivity contribution in [1.29, 1.82) is 0 Å². The average Bonchev–Trinajstić information content (AvgIpc) is 3.07. The van der Waals surface area contributed by atoms with E-state index in [-0.39, 0.29) is 11.7 Å². The number of pyridine rings is 1. The number of alkyl halides is 3. The van der Waals surface area contributed by atoms with Gasteiger partial charge in [-0.05, 0) is 18.9 Å². The number of aromatic nitrogens is 5. The molecule has 1 unspecified atom stereocenters. The van der Waals surface area contributed by atoms with Gasteiger partial charge < -0.3 is 9.64 Å². The molecule has 1 saturated heterocycles. The van der Waals surface area contributed by atoms with Crippen LogP contribution in [0.1, 0.15) is 18.5 Å². The fourth-order valence-electron chi connectivity index (χ4n) is 3.47. The number of fused-ring (bicyclic) bond motifs is 1. The van der Waals surface area contributed by atoms with Crippen LogP contribution in [0.4, 0.5) is 19.0 Å². The van der Waals surface area contributed by atoms with Gasteiger partial charge in [-0.25, -0.2) is 9.97 Å². The lowest BCUT2D eigenvalue weighted by Gasteiger charge is -2.33. The van der Waals surface area contributed by atoms with Crippen molar-refractivity contribution in [2.75, 3.05) is 24.6 Å². The second kappa shape index (κ2) is 7.25. The van der Waals surface area contributed by atoms with Gasteiger partial charge in [-0.1, -0.05) is 0 Å². The molecular formula is C18H19F3N6O. The lowest BCUT2D eigenvalue weighted by atomic mass is 9.99. The van der Waals surface area contributed by atoms with Crippen LogP contribution in [-0.2, 0) is 13.2 Å². The van der Waals surface area contributed by atoms with Gasteiger partial charge in [0.1, 0.15) is 23.6 Å². The van der Waals surface area contributed by atoms with Gasteiger partial charge in [-0.15, -0.1) is 0 Å². The van der Waals surface area contributed by atoms with E-state index in [4.69, 9.17) is 4.74 Å². The van der Waals surface area contributed by atoms with E-state index >= 15 is 0 Å². The summed E-state index contributed by atoms with van der Waals surface area (Å²) in [5.74, 6) is 1.18. The molecule has 4 rings (SSSR count). The minimum atomic E-state index is -4.48. The first-order chi connectivity index (χ1) is 13.4. The van der Waals surface area contributed by atoms with Gasteiger partial charge in [0.05, 0.1) is 18.2 Å². The molecule has 0 bridgehead atoms. The topological polar surface area (TPSA) is 69.0 Å². The average molecular weight is 392 g/mol. The molecule has 3 aromatic rings. The molecule has 148 valence electrons. The molecule has 1 fully saturated rings. The molecule has 0 saturated carbocycles. The number of hydrogen-bond donors (Lipinski definition) is 0. The van der Waals surface area contributed by atoms with E-state index in [1.54, 1.807) is 10.9 Å².